The molecular formula is C11H8BrN3O3. The molecule has 0 unspecified atom stereocenters. The summed E-state index contributed by atoms with van der Waals surface area (Å²) in [7, 11) is 0. The van der Waals surface area contributed by atoms with Crippen LogP contribution in [0.3, 0.4) is 0 Å². The van der Waals surface area contributed by atoms with Crippen LogP contribution in [0.1, 0.15) is 5.56 Å². The molecule has 7 heteroatoms. The maximum absolute atomic E-state index is 11.4. The van der Waals surface area contributed by atoms with E-state index in [4.69, 9.17) is 11.0 Å². The first kappa shape index (κ1) is 13.7. The summed E-state index contributed by atoms with van der Waals surface area (Å²) in [6.45, 7) is 0. The van der Waals surface area contributed by atoms with Crippen molar-refractivity contribution in [2.75, 3.05) is 0 Å². The van der Waals surface area contributed by atoms with Crippen molar-refractivity contribution in [3.63, 3.8) is 0 Å². The van der Waals surface area contributed by atoms with E-state index in [0.29, 0.717) is 10.0 Å². The van der Waals surface area contributed by atoms with Crippen LogP contribution in [0.15, 0.2) is 28.2 Å². The molecule has 0 heterocycles. The minimum atomic E-state index is -1.03. The number of carbonyl (C=O) groups is 2. The lowest BCUT2D eigenvalue weighted by molar-refractivity contribution is -0.115. The topological polar surface area (TPSA) is 116 Å². The second-order valence-electron chi connectivity index (χ2n) is 3.20. The van der Waals surface area contributed by atoms with Gasteiger partial charge in [-0.25, -0.2) is 4.79 Å². The number of carbonyl (C=O) groups excluding carboxylic acids is 2. The Morgan fingerprint density at radius 2 is 2.17 bits per heavy atom. The molecule has 1 aromatic rings. The van der Waals surface area contributed by atoms with Crippen LogP contribution in [0.25, 0.3) is 6.08 Å². The van der Waals surface area contributed by atoms with Gasteiger partial charge in [0.1, 0.15) is 17.4 Å². The van der Waals surface area contributed by atoms with Gasteiger partial charge in [0.25, 0.3) is 5.91 Å². The van der Waals surface area contributed by atoms with E-state index in [9.17, 15) is 14.7 Å². The molecule has 0 fully saturated rings. The Hall–Kier alpha value is -2.33. The number of imide groups is 1. The molecule has 0 bridgehead atoms. The van der Waals surface area contributed by atoms with Crippen LogP contribution in [0, 0.1) is 11.3 Å². The van der Waals surface area contributed by atoms with E-state index in [-0.39, 0.29) is 11.3 Å². The lowest BCUT2D eigenvalue weighted by Crippen LogP contribution is -2.35. The number of benzene rings is 1. The standard InChI is InChI=1S/C11H8BrN3O3/c12-8-4-6(1-2-9(8)16)3-7(5-13)10(17)15-11(14)18/h1-4,16H,(H3,14,15,17,18)/b7-3-. The normalized spacial score (nSPS) is 10.6. The number of rotatable bonds is 2. The van der Waals surface area contributed by atoms with Gasteiger partial charge in [-0.1, -0.05) is 6.07 Å². The van der Waals surface area contributed by atoms with Crippen LogP contribution >= 0.6 is 15.9 Å². The molecule has 0 aliphatic carbocycles. The predicted molar refractivity (Wildman–Crippen MR) is 67.1 cm³/mol. The van der Waals surface area contributed by atoms with Gasteiger partial charge < -0.3 is 10.8 Å². The highest BCUT2D eigenvalue weighted by atomic mass is 79.9. The molecule has 0 radical (unpaired) electrons. The van der Waals surface area contributed by atoms with Crippen molar-refractivity contribution in [1.82, 2.24) is 5.32 Å². The van der Waals surface area contributed by atoms with E-state index in [1.165, 1.54) is 24.3 Å². The number of nitrogens with two attached hydrogens (primary N) is 1. The average Bonchev–Trinajstić information content (AvgIpc) is 2.29. The maximum Gasteiger partial charge on any atom is 0.319 e. The van der Waals surface area contributed by atoms with Crippen molar-refractivity contribution in [2.24, 2.45) is 5.73 Å². The third kappa shape index (κ3) is 3.61. The molecule has 4 N–H and O–H groups in total. The highest BCUT2D eigenvalue weighted by molar-refractivity contribution is 9.10. The fraction of sp³-hybridized carbons (Fsp3) is 0. The first-order chi connectivity index (χ1) is 8.43. The van der Waals surface area contributed by atoms with Gasteiger partial charge in [-0.2, -0.15) is 5.26 Å². The SMILES string of the molecule is N#C/C(=C/c1ccc(O)c(Br)c1)C(=O)NC(N)=O. The second-order valence-corrected chi connectivity index (χ2v) is 4.05. The number of urea groups is 1. The molecule has 0 spiro atoms. The Bertz CT molecular complexity index is 575. The molecule has 18 heavy (non-hydrogen) atoms. The molecule has 0 aromatic heterocycles. The van der Waals surface area contributed by atoms with Crippen LogP contribution in [0.5, 0.6) is 5.75 Å². The molecule has 0 aliphatic rings. The summed E-state index contributed by atoms with van der Waals surface area (Å²) in [4.78, 5) is 21.9. The maximum atomic E-state index is 11.4. The zero-order valence-corrected chi connectivity index (χ0v) is 10.6. The quantitative estimate of drug-likeness (QED) is 0.563. The van der Waals surface area contributed by atoms with Crippen molar-refractivity contribution in [1.29, 1.82) is 5.26 Å². The number of phenolic OH excluding ortho intramolecular Hbond substituents is 1. The molecule has 0 aliphatic heterocycles. The van der Waals surface area contributed by atoms with Crippen LogP contribution in [-0.4, -0.2) is 17.0 Å². The Morgan fingerprint density at radius 3 is 2.67 bits per heavy atom. The summed E-state index contributed by atoms with van der Waals surface area (Å²) in [5.41, 5.74) is 5.01. The number of halogens is 1. The minimum Gasteiger partial charge on any atom is -0.507 e. The van der Waals surface area contributed by atoms with Gasteiger partial charge in [0.2, 0.25) is 0 Å². The van der Waals surface area contributed by atoms with Gasteiger partial charge in [-0.05, 0) is 39.7 Å². The predicted octanol–water partition coefficient (Wildman–Crippen LogP) is 1.26. The van der Waals surface area contributed by atoms with Gasteiger partial charge in [-0.15, -0.1) is 0 Å². The third-order valence-electron chi connectivity index (χ3n) is 1.88. The Morgan fingerprint density at radius 1 is 1.50 bits per heavy atom. The molecule has 0 saturated heterocycles. The van der Waals surface area contributed by atoms with E-state index in [1.807, 2.05) is 0 Å². The zero-order chi connectivity index (χ0) is 13.7. The van der Waals surface area contributed by atoms with Crippen molar-refractivity contribution >= 4 is 33.9 Å². The number of hydrogen-bond acceptors (Lipinski definition) is 4. The summed E-state index contributed by atoms with van der Waals surface area (Å²) in [5.74, 6) is -0.846. The third-order valence-corrected chi connectivity index (χ3v) is 2.52. The van der Waals surface area contributed by atoms with Crippen LogP contribution in [0.2, 0.25) is 0 Å². The van der Waals surface area contributed by atoms with E-state index in [1.54, 1.807) is 11.4 Å². The number of phenols is 1. The summed E-state index contributed by atoms with van der Waals surface area (Å²) in [6.07, 6.45) is 1.27. The van der Waals surface area contributed by atoms with Gasteiger partial charge >= 0.3 is 6.03 Å². The summed E-state index contributed by atoms with van der Waals surface area (Å²) in [5, 5.41) is 19.9. The largest absolute Gasteiger partial charge is 0.507 e. The number of aromatic hydroxyl groups is 1. The highest BCUT2D eigenvalue weighted by Crippen LogP contribution is 2.25. The number of primary amides is 1. The average molecular weight is 310 g/mol. The van der Waals surface area contributed by atoms with Crippen LogP contribution in [0.4, 0.5) is 4.79 Å². The minimum absolute atomic E-state index is 0.0345. The molecule has 6 nitrogen and oxygen atoms in total. The van der Waals surface area contributed by atoms with Gasteiger partial charge in [0.15, 0.2) is 0 Å². The van der Waals surface area contributed by atoms with Crippen molar-refractivity contribution in [3.05, 3.63) is 33.8 Å². The molecule has 0 atom stereocenters. The molecule has 3 amide bonds. The van der Waals surface area contributed by atoms with Gasteiger partial charge in [-0.3, -0.25) is 10.1 Å². The number of nitrogens with one attached hydrogen (secondary N) is 1. The summed E-state index contributed by atoms with van der Waals surface area (Å²) in [6, 6.07) is 5.05. The number of nitriles is 1. The van der Waals surface area contributed by atoms with E-state index in [2.05, 4.69) is 15.9 Å². The molecule has 92 valence electrons. The highest BCUT2D eigenvalue weighted by Gasteiger charge is 2.11. The van der Waals surface area contributed by atoms with Crippen LogP contribution < -0.4 is 11.1 Å². The first-order valence-corrected chi connectivity index (χ1v) is 5.44. The Labute approximate surface area is 111 Å². The lowest BCUT2D eigenvalue weighted by atomic mass is 10.1. The summed E-state index contributed by atoms with van der Waals surface area (Å²) < 4.78 is 0.420. The molecule has 1 aromatic carbocycles. The van der Waals surface area contributed by atoms with E-state index < -0.39 is 11.9 Å². The summed E-state index contributed by atoms with van der Waals surface area (Å²) >= 11 is 3.10. The lowest BCUT2D eigenvalue weighted by Gasteiger charge is -2.01. The molecular weight excluding hydrogens is 302 g/mol. The number of hydrogen-bond donors (Lipinski definition) is 3. The first-order valence-electron chi connectivity index (χ1n) is 4.65. The van der Waals surface area contributed by atoms with Gasteiger partial charge in [0.05, 0.1) is 4.47 Å². The fourth-order valence-corrected chi connectivity index (χ4v) is 1.50. The number of amides is 3. The Balaban J connectivity index is 3.05. The van der Waals surface area contributed by atoms with Crippen molar-refractivity contribution < 1.29 is 14.7 Å². The number of nitrogens with zero attached hydrogens (tertiary/aromatic N) is 1. The van der Waals surface area contributed by atoms with Crippen molar-refractivity contribution in [2.45, 2.75) is 0 Å². The van der Waals surface area contributed by atoms with Crippen LogP contribution in [-0.2, 0) is 4.79 Å². The molecule has 1 rings (SSSR count). The second kappa shape index (κ2) is 5.84. The van der Waals surface area contributed by atoms with E-state index in [0.717, 1.165) is 0 Å². The zero-order valence-electron chi connectivity index (χ0n) is 8.98. The van der Waals surface area contributed by atoms with Gasteiger partial charge in [0, 0.05) is 0 Å². The fourth-order valence-electron chi connectivity index (χ4n) is 1.11. The Kier molecular flexibility index (Phi) is 4.45. The molecule has 0 saturated carbocycles. The monoisotopic (exact) mass is 309 g/mol. The smallest absolute Gasteiger partial charge is 0.319 e. The van der Waals surface area contributed by atoms with E-state index >= 15 is 0 Å². The van der Waals surface area contributed by atoms with Crippen molar-refractivity contribution in [3.8, 4) is 11.8 Å².